The van der Waals surface area contributed by atoms with E-state index in [1.165, 1.54) is 16.9 Å². The number of nitrogens with one attached hydrogen (secondary N) is 1. The third kappa shape index (κ3) is 5.65. The summed E-state index contributed by atoms with van der Waals surface area (Å²) in [5.41, 5.74) is 2.87. The molecule has 136 valence electrons. The van der Waals surface area contributed by atoms with Crippen LogP contribution in [0.5, 0.6) is 0 Å². The van der Waals surface area contributed by atoms with Crippen LogP contribution in [0, 0.1) is 12.8 Å². The highest BCUT2D eigenvalue weighted by Crippen LogP contribution is 2.22. The van der Waals surface area contributed by atoms with Gasteiger partial charge in [0.05, 0.1) is 10.7 Å². The van der Waals surface area contributed by atoms with Crippen molar-refractivity contribution in [3.8, 4) is 0 Å². The zero-order chi connectivity index (χ0) is 18.4. The average molecular weight is 360 g/mol. The van der Waals surface area contributed by atoms with Gasteiger partial charge in [0.15, 0.2) is 0 Å². The Morgan fingerprint density at radius 2 is 2.00 bits per heavy atom. The molecule has 0 bridgehead atoms. The second-order valence-electron chi connectivity index (χ2n) is 6.74. The van der Waals surface area contributed by atoms with Gasteiger partial charge in [-0.05, 0) is 43.6 Å². The van der Waals surface area contributed by atoms with E-state index in [4.69, 9.17) is 0 Å². The fourth-order valence-electron chi connectivity index (χ4n) is 2.74. The Hall–Kier alpha value is -1.72. The summed E-state index contributed by atoms with van der Waals surface area (Å²) in [6, 6.07) is 8.10. The van der Waals surface area contributed by atoms with Gasteiger partial charge in [0, 0.05) is 18.7 Å². The molecule has 1 amide bonds. The van der Waals surface area contributed by atoms with E-state index in [0.717, 1.165) is 42.4 Å². The standard InChI is InChI=1S/C20H29N3OS/c1-6-23(7-2)13-16-9-8-10-17(12-16)22-20(24)19-15(5)21-18(25-19)11-14(3)4/h8-10,12,14H,6-7,11,13H2,1-5H3,(H,22,24). The van der Waals surface area contributed by atoms with Crippen molar-refractivity contribution in [3.05, 3.63) is 45.4 Å². The number of hydrogen-bond acceptors (Lipinski definition) is 4. The molecule has 0 spiro atoms. The Labute approximate surface area is 155 Å². The van der Waals surface area contributed by atoms with Crippen LogP contribution in [0.1, 0.15) is 53.6 Å². The fourth-order valence-corrected chi connectivity index (χ4v) is 3.91. The quantitative estimate of drug-likeness (QED) is 0.740. The van der Waals surface area contributed by atoms with E-state index in [-0.39, 0.29) is 5.91 Å². The number of nitrogens with zero attached hydrogens (tertiary/aromatic N) is 2. The van der Waals surface area contributed by atoms with Crippen LogP contribution in [0.3, 0.4) is 0 Å². The number of carbonyl (C=O) groups excluding carboxylic acids is 1. The van der Waals surface area contributed by atoms with Gasteiger partial charge in [0.25, 0.3) is 5.91 Å². The summed E-state index contributed by atoms with van der Waals surface area (Å²) >= 11 is 1.51. The highest BCUT2D eigenvalue weighted by molar-refractivity contribution is 7.13. The summed E-state index contributed by atoms with van der Waals surface area (Å²) in [6.45, 7) is 13.5. The number of thiazole rings is 1. The number of aryl methyl sites for hydroxylation is 1. The third-order valence-corrected chi connectivity index (χ3v) is 5.29. The van der Waals surface area contributed by atoms with Gasteiger partial charge in [0.1, 0.15) is 4.88 Å². The number of amides is 1. The molecular weight excluding hydrogens is 330 g/mol. The normalized spacial score (nSPS) is 11.3. The van der Waals surface area contributed by atoms with Gasteiger partial charge >= 0.3 is 0 Å². The third-order valence-electron chi connectivity index (χ3n) is 4.12. The van der Waals surface area contributed by atoms with E-state index >= 15 is 0 Å². The van der Waals surface area contributed by atoms with E-state index < -0.39 is 0 Å². The number of aromatic nitrogens is 1. The summed E-state index contributed by atoms with van der Waals surface area (Å²) < 4.78 is 0. The number of rotatable bonds is 8. The number of hydrogen-bond donors (Lipinski definition) is 1. The molecule has 2 aromatic rings. The zero-order valence-corrected chi connectivity index (χ0v) is 16.7. The van der Waals surface area contributed by atoms with Gasteiger partial charge in [-0.15, -0.1) is 11.3 Å². The van der Waals surface area contributed by atoms with Gasteiger partial charge in [-0.2, -0.15) is 0 Å². The first-order valence-electron chi connectivity index (χ1n) is 9.01. The van der Waals surface area contributed by atoms with Gasteiger partial charge in [-0.1, -0.05) is 39.8 Å². The van der Waals surface area contributed by atoms with Crippen LogP contribution in [-0.2, 0) is 13.0 Å². The lowest BCUT2D eigenvalue weighted by Gasteiger charge is -2.18. The number of anilines is 1. The van der Waals surface area contributed by atoms with E-state index in [2.05, 4.69) is 55.0 Å². The van der Waals surface area contributed by atoms with Crippen LogP contribution in [-0.4, -0.2) is 28.9 Å². The maximum Gasteiger partial charge on any atom is 0.267 e. The Bertz CT molecular complexity index is 705. The molecule has 0 aliphatic heterocycles. The molecule has 0 unspecified atom stereocenters. The van der Waals surface area contributed by atoms with E-state index in [9.17, 15) is 4.79 Å². The predicted molar refractivity (Wildman–Crippen MR) is 106 cm³/mol. The molecule has 0 aliphatic rings. The SMILES string of the molecule is CCN(CC)Cc1cccc(NC(=O)c2sc(CC(C)C)nc2C)c1. The largest absolute Gasteiger partial charge is 0.321 e. The summed E-state index contributed by atoms with van der Waals surface area (Å²) in [5, 5.41) is 4.06. The van der Waals surface area contributed by atoms with Gasteiger partial charge in [-0.25, -0.2) is 4.98 Å². The fraction of sp³-hybridized carbons (Fsp3) is 0.500. The van der Waals surface area contributed by atoms with E-state index in [1.54, 1.807) is 0 Å². The first-order chi connectivity index (χ1) is 11.9. The van der Waals surface area contributed by atoms with Crippen LogP contribution < -0.4 is 5.32 Å². The molecule has 2 rings (SSSR count). The first kappa shape index (κ1) is 19.6. The Kier molecular flexibility index (Phi) is 7.14. The number of benzene rings is 1. The van der Waals surface area contributed by atoms with Crippen molar-refractivity contribution in [3.63, 3.8) is 0 Å². The molecule has 0 radical (unpaired) electrons. The second-order valence-corrected chi connectivity index (χ2v) is 7.82. The first-order valence-corrected chi connectivity index (χ1v) is 9.83. The van der Waals surface area contributed by atoms with Crippen LogP contribution in [0.15, 0.2) is 24.3 Å². The van der Waals surface area contributed by atoms with Crippen molar-refractivity contribution in [2.24, 2.45) is 5.92 Å². The maximum atomic E-state index is 12.6. The molecule has 0 saturated heterocycles. The summed E-state index contributed by atoms with van der Waals surface area (Å²) in [7, 11) is 0. The molecule has 1 N–H and O–H groups in total. The molecule has 0 fully saturated rings. The lowest BCUT2D eigenvalue weighted by atomic mass is 10.1. The highest BCUT2D eigenvalue weighted by atomic mass is 32.1. The van der Waals surface area contributed by atoms with Crippen molar-refractivity contribution in [2.75, 3.05) is 18.4 Å². The molecule has 0 saturated carbocycles. The van der Waals surface area contributed by atoms with E-state index in [1.807, 2.05) is 19.1 Å². The average Bonchev–Trinajstić information content (AvgIpc) is 2.92. The Balaban J connectivity index is 2.09. The molecule has 1 aromatic heterocycles. The smallest absolute Gasteiger partial charge is 0.267 e. The molecule has 25 heavy (non-hydrogen) atoms. The lowest BCUT2D eigenvalue weighted by molar-refractivity contribution is 0.103. The summed E-state index contributed by atoms with van der Waals surface area (Å²) in [4.78, 5) is 20.2. The van der Waals surface area contributed by atoms with Crippen molar-refractivity contribution >= 4 is 22.9 Å². The van der Waals surface area contributed by atoms with Crippen LogP contribution in [0.25, 0.3) is 0 Å². The van der Waals surface area contributed by atoms with Crippen LogP contribution in [0.2, 0.25) is 0 Å². The molecule has 4 nitrogen and oxygen atoms in total. The molecular formula is C20H29N3OS. The van der Waals surface area contributed by atoms with E-state index in [0.29, 0.717) is 10.8 Å². The molecule has 1 aromatic carbocycles. The number of carbonyl (C=O) groups is 1. The van der Waals surface area contributed by atoms with Gasteiger partial charge < -0.3 is 5.32 Å². The topological polar surface area (TPSA) is 45.2 Å². The molecule has 1 heterocycles. The van der Waals surface area contributed by atoms with Crippen molar-refractivity contribution < 1.29 is 4.79 Å². The van der Waals surface area contributed by atoms with Crippen molar-refractivity contribution in [2.45, 2.75) is 47.6 Å². The lowest BCUT2D eigenvalue weighted by Crippen LogP contribution is -2.22. The summed E-state index contributed by atoms with van der Waals surface area (Å²) in [6.07, 6.45) is 0.915. The second kappa shape index (κ2) is 9.11. The van der Waals surface area contributed by atoms with Gasteiger partial charge in [-0.3, -0.25) is 9.69 Å². The minimum atomic E-state index is -0.0648. The minimum Gasteiger partial charge on any atom is -0.321 e. The zero-order valence-electron chi connectivity index (χ0n) is 15.9. The Morgan fingerprint density at radius 1 is 1.28 bits per heavy atom. The van der Waals surface area contributed by atoms with Crippen LogP contribution in [0.4, 0.5) is 5.69 Å². The highest BCUT2D eigenvalue weighted by Gasteiger charge is 2.16. The van der Waals surface area contributed by atoms with Crippen molar-refractivity contribution in [1.82, 2.24) is 9.88 Å². The predicted octanol–water partition coefficient (Wildman–Crippen LogP) is 4.74. The monoisotopic (exact) mass is 359 g/mol. The molecule has 5 heteroatoms. The summed E-state index contributed by atoms with van der Waals surface area (Å²) in [5.74, 6) is 0.475. The molecule has 0 atom stereocenters. The van der Waals surface area contributed by atoms with Gasteiger partial charge in [0.2, 0.25) is 0 Å². The molecule has 0 aliphatic carbocycles. The maximum absolute atomic E-state index is 12.6. The Morgan fingerprint density at radius 3 is 2.64 bits per heavy atom. The minimum absolute atomic E-state index is 0.0648. The van der Waals surface area contributed by atoms with Crippen LogP contribution >= 0.6 is 11.3 Å². The van der Waals surface area contributed by atoms with Crippen molar-refractivity contribution in [1.29, 1.82) is 0 Å².